The van der Waals surface area contributed by atoms with Crippen molar-refractivity contribution in [1.29, 1.82) is 0 Å². The predicted octanol–water partition coefficient (Wildman–Crippen LogP) is 4.87. The molecule has 1 aromatic heterocycles. The second kappa shape index (κ2) is 13.6. The third-order valence-electron chi connectivity index (χ3n) is 1.51. The van der Waals surface area contributed by atoms with E-state index in [1.807, 2.05) is 58.2 Å². The summed E-state index contributed by atoms with van der Waals surface area (Å²) >= 11 is 0. The molecule has 0 radical (unpaired) electrons. The summed E-state index contributed by atoms with van der Waals surface area (Å²) in [6, 6.07) is 12.1. The fraction of sp³-hybridized carbons (Fsp3) is 0.357. The van der Waals surface area contributed by atoms with Gasteiger partial charge in [0.1, 0.15) is 0 Å². The van der Waals surface area contributed by atoms with Crippen LogP contribution < -0.4 is 0 Å². The maximum Gasteiger partial charge on any atom is 0.0785 e. The van der Waals surface area contributed by atoms with Gasteiger partial charge in [0.25, 0.3) is 0 Å². The second-order valence-electron chi connectivity index (χ2n) is 2.20. The van der Waals surface area contributed by atoms with E-state index in [2.05, 4.69) is 17.1 Å². The molecule has 0 saturated heterocycles. The quantitative estimate of drug-likeness (QED) is 0.620. The lowest BCUT2D eigenvalue weighted by Crippen LogP contribution is -1.73. The third-order valence-corrected chi connectivity index (χ3v) is 1.51. The predicted molar refractivity (Wildman–Crippen MR) is 71.5 cm³/mol. The molecule has 16 heavy (non-hydrogen) atoms. The van der Waals surface area contributed by atoms with Crippen LogP contribution in [0.15, 0.2) is 42.6 Å². The monoisotopic (exact) mass is 223 g/mol. The minimum absolute atomic E-state index is 0.500. The second-order valence-corrected chi connectivity index (χ2v) is 2.20. The summed E-state index contributed by atoms with van der Waals surface area (Å²) < 4.78 is 9.50. The molecule has 1 aromatic carbocycles. The average Bonchev–Trinajstić information content (AvgIpc) is 2.45. The number of halogens is 1. The van der Waals surface area contributed by atoms with Gasteiger partial charge in [-0.25, -0.2) is 0 Å². The van der Waals surface area contributed by atoms with E-state index in [0.29, 0.717) is 7.18 Å². The van der Waals surface area contributed by atoms with Crippen LogP contribution in [0.1, 0.15) is 27.7 Å². The van der Waals surface area contributed by atoms with Crippen LogP contribution in [0.4, 0.5) is 4.39 Å². The van der Waals surface area contributed by atoms with Gasteiger partial charge in [0.2, 0.25) is 0 Å². The van der Waals surface area contributed by atoms with Crippen molar-refractivity contribution < 1.29 is 4.39 Å². The Morgan fingerprint density at radius 2 is 1.31 bits per heavy atom. The average molecular weight is 223 g/mol. The topological polar surface area (TPSA) is 12.9 Å². The van der Waals surface area contributed by atoms with Gasteiger partial charge in [0.05, 0.1) is 12.7 Å². The number of hydrogen-bond acceptors (Lipinski definition) is 1. The zero-order chi connectivity index (χ0) is 12.8. The number of pyridine rings is 1. The summed E-state index contributed by atoms with van der Waals surface area (Å²) in [5.41, 5.74) is 1.06. The zero-order valence-electron chi connectivity index (χ0n) is 10.9. The first kappa shape index (κ1) is 17.0. The molecular formula is C14H22FN. The van der Waals surface area contributed by atoms with E-state index in [1.165, 1.54) is 5.39 Å². The van der Waals surface area contributed by atoms with Crippen molar-refractivity contribution in [3.05, 3.63) is 42.6 Å². The minimum Gasteiger partial charge on any atom is -0.256 e. The van der Waals surface area contributed by atoms with Crippen molar-refractivity contribution in [2.75, 3.05) is 7.18 Å². The molecule has 0 aliphatic carbocycles. The molecule has 2 aromatic rings. The number of fused-ring (bicyclic) bond motifs is 1. The van der Waals surface area contributed by atoms with Crippen LogP contribution in [0.25, 0.3) is 10.9 Å². The largest absolute Gasteiger partial charge is 0.256 e. The smallest absolute Gasteiger partial charge is 0.0785 e. The molecule has 0 spiro atoms. The number of alkyl halides is 1. The Morgan fingerprint density at radius 3 is 1.88 bits per heavy atom. The van der Waals surface area contributed by atoms with Crippen LogP contribution in [-0.4, -0.2) is 12.2 Å². The van der Waals surface area contributed by atoms with Gasteiger partial charge in [-0.2, -0.15) is 0 Å². The SMILES string of the molecule is CC.CC.CF.c1ccc2ncccc2c1. The first-order valence-electron chi connectivity index (χ1n) is 5.64. The summed E-state index contributed by atoms with van der Waals surface area (Å²) in [6.07, 6.45) is 1.81. The molecular weight excluding hydrogens is 201 g/mol. The van der Waals surface area contributed by atoms with E-state index in [1.54, 1.807) is 0 Å². The van der Waals surface area contributed by atoms with Crippen molar-refractivity contribution in [1.82, 2.24) is 4.98 Å². The number of aromatic nitrogens is 1. The molecule has 1 heterocycles. The molecule has 2 heteroatoms. The Morgan fingerprint density at radius 1 is 0.812 bits per heavy atom. The molecule has 0 aliphatic heterocycles. The number of para-hydroxylation sites is 1. The third kappa shape index (κ3) is 6.12. The van der Waals surface area contributed by atoms with Crippen LogP contribution in [-0.2, 0) is 0 Å². The highest BCUT2D eigenvalue weighted by Crippen LogP contribution is 2.07. The van der Waals surface area contributed by atoms with E-state index in [-0.39, 0.29) is 0 Å². The number of rotatable bonds is 0. The number of hydrogen-bond donors (Lipinski definition) is 0. The van der Waals surface area contributed by atoms with Gasteiger partial charge in [-0.15, -0.1) is 0 Å². The molecule has 0 atom stereocenters. The maximum atomic E-state index is 9.50. The van der Waals surface area contributed by atoms with Gasteiger partial charge >= 0.3 is 0 Å². The minimum atomic E-state index is 0.500. The van der Waals surface area contributed by atoms with Gasteiger partial charge in [-0.3, -0.25) is 9.37 Å². The molecule has 2 rings (SSSR count). The van der Waals surface area contributed by atoms with E-state index in [0.717, 1.165) is 5.52 Å². The molecule has 0 fully saturated rings. The standard InChI is InChI=1S/C9H7N.2C2H6.CH3F/c1-2-6-9-8(4-1)5-3-7-10-9;3*1-2/h1-7H;2*1-2H3;1H3. The lowest BCUT2D eigenvalue weighted by atomic mass is 10.2. The van der Waals surface area contributed by atoms with Gasteiger partial charge in [-0.1, -0.05) is 52.0 Å². The summed E-state index contributed by atoms with van der Waals surface area (Å²) in [6.45, 7) is 8.00. The number of benzene rings is 1. The Bertz CT molecular complexity index is 282. The van der Waals surface area contributed by atoms with E-state index in [9.17, 15) is 4.39 Å². The van der Waals surface area contributed by atoms with Crippen LogP contribution in [0.2, 0.25) is 0 Å². The van der Waals surface area contributed by atoms with Gasteiger partial charge < -0.3 is 0 Å². The Labute approximate surface area is 98.3 Å². The van der Waals surface area contributed by atoms with Crippen LogP contribution in [0.5, 0.6) is 0 Å². The number of nitrogens with zero attached hydrogens (tertiary/aromatic N) is 1. The molecule has 0 N–H and O–H groups in total. The van der Waals surface area contributed by atoms with Crippen LogP contribution in [0.3, 0.4) is 0 Å². The van der Waals surface area contributed by atoms with E-state index >= 15 is 0 Å². The molecule has 0 aliphatic rings. The zero-order valence-corrected chi connectivity index (χ0v) is 10.9. The van der Waals surface area contributed by atoms with Crippen LogP contribution >= 0.6 is 0 Å². The van der Waals surface area contributed by atoms with E-state index < -0.39 is 0 Å². The molecule has 0 unspecified atom stereocenters. The fourth-order valence-electron chi connectivity index (χ4n) is 1.02. The Balaban J connectivity index is 0. The Kier molecular flexibility index (Phi) is 14.4. The van der Waals surface area contributed by atoms with E-state index in [4.69, 9.17) is 0 Å². The van der Waals surface area contributed by atoms with Crippen molar-refractivity contribution >= 4 is 10.9 Å². The molecule has 0 bridgehead atoms. The normalized spacial score (nSPS) is 7.38. The van der Waals surface area contributed by atoms with Crippen molar-refractivity contribution in [2.45, 2.75) is 27.7 Å². The molecule has 1 nitrogen and oxygen atoms in total. The summed E-state index contributed by atoms with van der Waals surface area (Å²) in [5.74, 6) is 0. The van der Waals surface area contributed by atoms with Crippen molar-refractivity contribution in [3.8, 4) is 0 Å². The fourth-order valence-corrected chi connectivity index (χ4v) is 1.02. The molecule has 90 valence electrons. The van der Waals surface area contributed by atoms with Gasteiger partial charge in [0, 0.05) is 11.6 Å². The van der Waals surface area contributed by atoms with Crippen molar-refractivity contribution in [2.24, 2.45) is 0 Å². The summed E-state index contributed by atoms with van der Waals surface area (Å²) in [4.78, 5) is 4.18. The maximum absolute atomic E-state index is 9.50. The summed E-state index contributed by atoms with van der Waals surface area (Å²) in [7, 11) is 0.500. The lowest BCUT2D eigenvalue weighted by Gasteiger charge is -1.91. The van der Waals surface area contributed by atoms with Gasteiger partial charge in [-0.05, 0) is 12.1 Å². The van der Waals surface area contributed by atoms with Gasteiger partial charge in [0.15, 0.2) is 0 Å². The molecule has 0 saturated carbocycles. The highest BCUT2D eigenvalue weighted by atomic mass is 19.1. The van der Waals surface area contributed by atoms with Crippen LogP contribution in [0, 0.1) is 0 Å². The highest BCUT2D eigenvalue weighted by Gasteiger charge is 1.86. The van der Waals surface area contributed by atoms with Crippen molar-refractivity contribution in [3.63, 3.8) is 0 Å². The first-order valence-corrected chi connectivity index (χ1v) is 5.64. The first-order chi connectivity index (χ1) is 7.97. The highest BCUT2D eigenvalue weighted by molar-refractivity contribution is 5.77. The molecule has 0 amide bonds. The Hall–Kier alpha value is -1.44. The lowest BCUT2D eigenvalue weighted by molar-refractivity contribution is 0.636. The summed E-state index contributed by atoms with van der Waals surface area (Å²) in [5, 5.41) is 1.20.